The molecule has 0 spiro atoms. The second-order valence-corrected chi connectivity index (χ2v) is 9.14. The van der Waals surface area contributed by atoms with Crippen molar-refractivity contribution in [3.05, 3.63) is 84.4 Å². The van der Waals surface area contributed by atoms with Crippen LogP contribution in [0.15, 0.2) is 83.1 Å². The first-order valence-corrected chi connectivity index (χ1v) is 11.0. The molecule has 4 rings (SSSR count). The van der Waals surface area contributed by atoms with E-state index in [2.05, 4.69) is 15.3 Å². The maximum atomic E-state index is 12.8. The molecule has 9 heteroatoms. The Morgan fingerprint density at radius 1 is 1.00 bits per heavy atom. The van der Waals surface area contributed by atoms with Crippen molar-refractivity contribution < 1.29 is 13.2 Å². The number of amides is 1. The molecule has 0 aliphatic rings. The summed E-state index contributed by atoms with van der Waals surface area (Å²) in [5.41, 5.74) is 2.07. The third-order valence-electron chi connectivity index (χ3n) is 4.83. The van der Waals surface area contributed by atoms with Crippen molar-refractivity contribution in [3.8, 4) is 0 Å². The molecule has 31 heavy (non-hydrogen) atoms. The van der Waals surface area contributed by atoms with Gasteiger partial charge in [0.1, 0.15) is 11.5 Å². The van der Waals surface area contributed by atoms with E-state index in [9.17, 15) is 13.2 Å². The van der Waals surface area contributed by atoms with Gasteiger partial charge in [-0.05, 0) is 42.0 Å². The van der Waals surface area contributed by atoms with E-state index in [1.807, 2.05) is 14.1 Å². The topological polar surface area (TPSA) is 96.7 Å². The first-order valence-electron chi connectivity index (χ1n) is 9.53. The second kappa shape index (κ2) is 8.19. The molecule has 0 fully saturated rings. The number of carbonyl (C=O) groups is 1. The molecule has 0 bridgehead atoms. The number of benzene rings is 1. The van der Waals surface area contributed by atoms with Crippen LogP contribution in [0.3, 0.4) is 0 Å². The highest BCUT2D eigenvalue weighted by molar-refractivity contribution is 7.91. The molecule has 0 radical (unpaired) electrons. The predicted octanol–water partition coefficient (Wildman–Crippen LogP) is 2.56. The summed E-state index contributed by atoms with van der Waals surface area (Å²) >= 11 is 0. The van der Waals surface area contributed by atoms with Crippen molar-refractivity contribution in [2.75, 3.05) is 19.0 Å². The largest absolute Gasteiger partial charge is 0.363 e. The normalized spacial score (nSPS) is 11.4. The van der Waals surface area contributed by atoms with Gasteiger partial charge in [0.25, 0.3) is 5.91 Å². The average molecular weight is 436 g/mol. The van der Waals surface area contributed by atoms with Crippen LogP contribution in [-0.4, -0.2) is 42.8 Å². The molecule has 0 aliphatic heterocycles. The first kappa shape index (κ1) is 20.5. The van der Waals surface area contributed by atoms with E-state index in [0.717, 1.165) is 11.2 Å². The Morgan fingerprint density at radius 3 is 2.42 bits per heavy atom. The van der Waals surface area contributed by atoms with Crippen molar-refractivity contribution >= 4 is 27.2 Å². The standard InChI is InChI=1S/C22H21N5O3S/c1-26(2)20-10-8-19(14-24-20)31(29,30)18-6-3-16(4-7-18)13-25-22(28)17-5-9-21-23-11-12-27(21)15-17/h3-12,14-15H,13H2,1-2H3,(H,25,28). The van der Waals surface area contributed by atoms with Crippen LogP contribution in [0, 0.1) is 0 Å². The van der Waals surface area contributed by atoms with E-state index in [4.69, 9.17) is 0 Å². The monoisotopic (exact) mass is 435 g/mol. The van der Waals surface area contributed by atoms with Gasteiger partial charge in [0.05, 0.1) is 15.4 Å². The summed E-state index contributed by atoms with van der Waals surface area (Å²) in [4.78, 5) is 22.8. The maximum absolute atomic E-state index is 12.8. The number of hydrogen-bond acceptors (Lipinski definition) is 6. The Morgan fingerprint density at radius 2 is 1.74 bits per heavy atom. The number of nitrogens with zero attached hydrogens (tertiary/aromatic N) is 4. The van der Waals surface area contributed by atoms with Gasteiger partial charge in [-0.3, -0.25) is 4.79 Å². The van der Waals surface area contributed by atoms with E-state index < -0.39 is 9.84 Å². The fourth-order valence-corrected chi connectivity index (χ4v) is 4.26. The molecule has 1 N–H and O–H groups in total. The molecule has 1 amide bonds. The van der Waals surface area contributed by atoms with Gasteiger partial charge in [-0.2, -0.15) is 0 Å². The van der Waals surface area contributed by atoms with Crippen LogP contribution < -0.4 is 10.2 Å². The summed E-state index contributed by atoms with van der Waals surface area (Å²) in [7, 11) is 0.00994. The average Bonchev–Trinajstić information content (AvgIpc) is 3.25. The number of sulfone groups is 1. The number of nitrogens with one attached hydrogen (secondary N) is 1. The molecule has 0 saturated heterocycles. The molecule has 8 nitrogen and oxygen atoms in total. The number of carbonyl (C=O) groups excluding carboxylic acids is 1. The highest BCUT2D eigenvalue weighted by Crippen LogP contribution is 2.22. The quantitative estimate of drug-likeness (QED) is 0.500. The van der Waals surface area contributed by atoms with E-state index in [1.165, 1.54) is 18.3 Å². The smallest absolute Gasteiger partial charge is 0.253 e. The zero-order valence-electron chi connectivity index (χ0n) is 17.1. The van der Waals surface area contributed by atoms with Crippen LogP contribution in [-0.2, 0) is 16.4 Å². The minimum atomic E-state index is -3.66. The van der Waals surface area contributed by atoms with Gasteiger partial charge >= 0.3 is 0 Å². The molecule has 4 aromatic rings. The SMILES string of the molecule is CN(C)c1ccc(S(=O)(=O)c2ccc(CNC(=O)c3ccc4nccn4c3)cc2)cn1. The van der Waals surface area contributed by atoms with Crippen LogP contribution in [0.25, 0.3) is 5.65 Å². The van der Waals surface area contributed by atoms with E-state index in [1.54, 1.807) is 64.3 Å². The summed E-state index contributed by atoms with van der Waals surface area (Å²) in [6.45, 7) is 0.278. The lowest BCUT2D eigenvalue weighted by molar-refractivity contribution is 0.0950. The van der Waals surface area contributed by atoms with Crippen LogP contribution in [0.1, 0.15) is 15.9 Å². The Balaban J connectivity index is 1.44. The van der Waals surface area contributed by atoms with E-state index in [-0.39, 0.29) is 22.2 Å². The predicted molar refractivity (Wildman–Crippen MR) is 117 cm³/mol. The van der Waals surface area contributed by atoms with Crippen molar-refractivity contribution in [1.29, 1.82) is 0 Å². The van der Waals surface area contributed by atoms with Crippen LogP contribution in [0.2, 0.25) is 0 Å². The third kappa shape index (κ3) is 4.26. The lowest BCUT2D eigenvalue weighted by Gasteiger charge is -2.12. The maximum Gasteiger partial charge on any atom is 0.253 e. The fourth-order valence-electron chi connectivity index (χ4n) is 3.06. The zero-order chi connectivity index (χ0) is 22.0. The number of fused-ring (bicyclic) bond motifs is 1. The summed E-state index contributed by atoms with van der Waals surface area (Å²) in [6.07, 6.45) is 6.51. The van der Waals surface area contributed by atoms with Gasteiger partial charge in [0, 0.05) is 45.4 Å². The highest BCUT2D eigenvalue weighted by atomic mass is 32.2. The number of anilines is 1. The lowest BCUT2D eigenvalue weighted by Crippen LogP contribution is -2.23. The molecule has 0 atom stereocenters. The van der Waals surface area contributed by atoms with E-state index in [0.29, 0.717) is 11.4 Å². The molecular weight excluding hydrogens is 414 g/mol. The Bertz CT molecular complexity index is 1330. The molecule has 3 aromatic heterocycles. The summed E-state index contributed by atoms with van der Waals surface area (Å²) in [6, 6.07) is 13.1. The van der Waals surface area contributed by atoms with Gasteiger partial charge in [0.15, 0.2) is 0 Å². The van der Waals surface area contributed by atoms with E-state index >= 15 is 0 Å². The Hall–Kier alpha value is -3.72. The molecule has 0 saturated carbocycles. The van der Waals surface area contributed by atoms with Crippen molar-refractivity contribution in [2.24, 2.45) is 0 Å². The van der Waals surface area contributed by atoms with Gasteiger partial charge in [-0.1, -0.05) is 12.1 Å². The molecule has 1 aromatic carbocycles. The lowest BCUT2D eigenvalue weighted by atomic mass is 10.2. The van der Waals surface area contributed by atoms with Gasteiger partial charge in [0.2, 0.25) is 9.84 Å². The number of imidazole rings is 1. The molecule has 158 valence electrons. The number of rotatable bonds is 6. The summed E-state index contributed by atoms with van der Waals surface area (Å²) in [5, 5.41) is 2.84. The third-order valence-corrected chi connectivity index (χ3v) is 6.58. The van der Waals surface area contributed by atoms with Gasteiger partial charge in [-0.15, -0.1) is 0 Å². The first-order chi connectivity index (χ1) is 14.8. The van der Waals surface area contributed by atoms with Crippen molar-refractivity contribution in [1.82, 2.24) is 19.7 Å². The van der Waals surface area contributed by atoms with Crippen molar-refractivity contribution in [3.63, 3.8) is 0 Å². The molecule has 3 heterocycles. The van der Waals surface area contributed by atoms with Crippen LogP contribution >= 0.6 is 0 Å². The van der Waals surface area contributed by atoms with Gasteiger partial charge in [-0.25, -0.2) is 18.4 Å². The van der Waals surface area contributed by atoms with Gasteiger partial charge < -0.3 is 14.6 Å². The second-order valence-electron chi connectivity index (χ2n) is 7.19. The highest BCUT2D eigenvalue weighted by Gasteiger charge is 2.18. The number of pyridine rings is 2. The molecular formula is C22H21N5O3S. The molecule has 0 unspecified atom stereocenters. The zero-order valence-corrected chi connectivity index (χ0v) is 17.9. The fraction of sp³-hybridized carbons (Fsp3) is 0.136. The van der Waals surface area contributed by atoms with Crippen LogP contribution in [0.4, 0.5) is 5.82 Å². The number of hydrogen-bond donors (Lipinski definition) is 1. The number of aromatic nitrogens is 3. The molecule has 0 aliphatic carbocycles. The minimum Gasteiger partial charge on any atom is -0.363 e. The Kier molecular flexibility index (Phi) is 5.43. The minimum absolute atomic E-state index is 0.133. The van der Waals surface area contributed by atoms with Crippen LogP contribution in [0.5, 0.6) is 0 Å². The summed E-state index contributed by atoms with van der Waals surface area (Å²) < 4.78 is 27.4. The summed E-state index contributed by atoms with van der Waals surface area (Å²) in [5.74, 6) is 0.455. The Labute approximate surface area is 180 Å². The van der Waals surface area contributed by atoms with Crippen molar-refractivity contribution in [2.45, 2.75) is 16.3 Å².